The van der Waals surface area contributed by atoms with Crippen LogP contribution in [0.1, 0.15) is 37.7 Å². The Morgan fingerprint density at radius 3 is 2.57 bits per heavy atom. The van der Waals surface area contributed by atoms with Crippen LogP contribution in [0.2, 0.25) is 5.02 Å². The van der Waals surface area contributed by atoms with Gasteiger partial charge in [-0.25, -0.2) is 4.98 Å². The number of ketones is 1. The van der Waals surface area contributed by atoms with Gasteiger partial charge in [0.15, 0.2) is 11.6 Å². The predicted molar refractivity (Wildman–Crippen MR) is 178 cm³/mol. The van der Waals surface area contributed by atoms with E-state index in [1.54, 1.807) is 19.4 Å². The van der Waals surface area contributed by atoms with Gasteiger partial charge in [0.1, 0.15) is 10.8 Å². The van der Waals surface area contributed by atoms with Crippen molar-refractivity contribution < 1.29 is 9.53 Å². The van der Waals surface area contributed by atoms with Crippen molar-refractivity contribution in [1.29, 1.82) is 0 Å². The zero-order chi connectivity index (χ0) is 30.5. The Hall–Kier alpha value is -3.66. The number of hydrogen-bond acceptors (Lipinski definition) is 9. The molecule has 0 amide bonds. The molecule has 0 atom stereocenters. The van der Waals surface area contributed by atoms with E-state index in [0.717, 1.165) is 67.4 Å². The van der Waals surface area contributed by atoms with Crippen LogP contribution in [0.15, 0.2) is 60.3 Å². The van der Waals surface area contributed by atoms with Gasteiger partial charge in [0.05, 0.1) is 19.0 Å². The molecule has 2 aliphatic heterocycles. The monoisotopic (exact) mass is 615 g/mol. The van der Waals surface area contributed by atoms with Gasteiger partial charge in [0, 0.05) is 69.2 Å². The lowest BCUT2D eigenvalue weighted by molar-refractivity contribution is -0.114. The Morgan fingerprint density at radius 1 is 1.05 bits per heavy atom. The SMILES string of the molecule is COc1cc(N2CCC(N3CCN(C)CC3)CC2)ccc1Nc1ncc(Cl)c(Nc2cccc(CC(=O)C=C3CCC3)c2)n1. The summed E-state index contributed by atoms with van der Waals surface area (Å²) in [5, 5.41) is 6.99. The molecule has 3 aliphatic rings. The average Bonchev–Trinajstić information content (AvgIpc) is 3.01. The van der Waals surface area contributed by atoms with Gasteiger partial charge in [-0.1, -0.05) is 29.3 Å². The number of aromatic nitrogens is 2. The second-order valence-electron chi connectivity index (χ2n) is 12.1. The second kappa shape index (κ2) is 14.0. The molecule has 2 aromatic carbocycles. The summed E-state index contributed by atoms with van der Waals surface area (Å²) in [5.41, 5.74) is 4.93. The van der Waals surface area contributed by atoms with Gasteiger partial charge in [-0.15, -0.1) is 0 Å². The number of hydrogen-bond donors (Lipinski definition) is 2. The van der Waals surface area contributed by atoms with Gasteiger partial charge in [0.2, 0.25) is 5.95 Å². The summed E-state index contributed by atoms with van der Waals surface area (Å²) in [6.45, 7) is 6.74. The topological polar surface area (TPSA) is 85.9 Å². The summed E-state index contributed by atoms with van der Waals surface area (Å²) in [4.78, 5) is 29.0. The van der Waals surface area contributed by atoms with E-state index < -0.39 is 0 Å². The minimum absolute atomic E-state index is 0.138. The quantitative estimate of drug-likeness (QED) is 0.264. The third-order valence-electron chi connectivity index (χ3n) is 8.99. The van der Waals surface area contributed by atoms with Crippen molar-refractivity contribution in [1.82, 2.24) is 19.8 Å². The first-order valence-corrected chi connectivity index (χ1v) is 16.0. The van der Waals surface area contributed by atoms with Crippen LogP contribution in [0.3, 0.4) is 0 Å². The molecule has 2 N–H and O–H groups in total. The minimum Gasteiger partial charge on any atom is -0.494 e. The Labute approximate surface area is 265 Å². The predicted octanol–water partition coefficient (Wildman–Crippen LogP) is 6.06. The number of nitrogens with zero attached hydrogens (tertiary/aromatic N) is 5. The number of piperazine rings is 1. The maximum absolute atomic E-state index is 12.4. The van der Waals surface area contributed by atoms with Crippen molar-refractivity contribution in [2.45, 2.75) is 44.6 Å². The van der Waals surface area contributed by atoms with Crippen molar-refractivity contribution in [2.75, 3.05) is 69.0 Å². The summed E-state index contributed by atoms with van der Waals surface area (Å²) < 4.78 is 5.77. The van der Waals surface area contributed by atoms with Gasteiger partial charge < -0.3 is 25.2 Å². The number of halogens is 1. The van der Waals surface area contributed by atoms with E-state index >= 15 is 0 Å². The number of anilines is 5. The fourth-order valence-electron chi connectivity index (χ4n) is 6.19. The first-order valence-electron chi connectivity index (χ1n) is 15.7. The standard InChI is InChI=1S/C34H42ClN7O2/c1-40-15-17-42(18-16-40)27-11-13-41(14-12-27)28-9-10-31(32(22-28)44-2)38-34-36-23-30(35)33(39-34)37-26-8-4-7-25(19-26)21-29(43)20-24-5-3-6-24/h4,7-10,19-20,22-23,27H,3,5-6,11-18,21H2,1-2H3,(H2,36,37,38,39). The molecule has 6 rings (SSSR count). The average molecular weight is 616 g/mol. The van der Waals surface area contributed by atoms with E-state index in [1.807, 2.05) is 30.3 Å². The van der Waals surface area contributed by atoms with Gasteiger partial charge in [-0.2, -0.15) is 4.98 Å². The van der Waals surface area contributed by atoms with E-state index in [2.05, 4.69) is 54.5 Å². The van der Waals surface area contributed by atoms with Gasteiger partial charge in [0.25, 0.3) is 0 Å². The molecule has 0 unspecified atom stereocenters. The first kappa shape index (κ1) is 30.4. The Kier molecular flexibility index (Phi) is 9.64. The molecule has 1 saturated carbocycles. The second-order valence-corrected chi connectivity index (χ2v) is 12.5. The van der Waals surface area contributed by atoms with Crippen LogP contribution < -0.4 is 20.3 Å². The van der Waals surface area contributed by atoms with Crippen LogP contribution in [0.4, 0.5) is 28.8 Å². The molecule has 3 heterocycles. The van der Waals surface area contributed by atoms with Crippen molar-refractivity contribution in [3.63, 3.8) is 0 Å². The van der Waals surface area contributed by atoms with Crippen molar-refractivity contribution >= 4 is 46.2 Å². The highest BCUT2D eigenvalue weighted by Gasteiger charge is 2.27. The number of piperidine rings is 1. The molecule has 1 aromatic heterocycles. The van der Waals surface area contributed by atoms with Crippen molar-refractivity contribution in [3.8, 4) is 5.75 Å². The summed E-state index contributed by atoms with van der Waals surface area (Å²) in [6, 6.07) is 14.7. The first-order chi connectivity index (χ1) is 21.4. The molecule has 3 aromatic rings. The summed E-state index contributed by atoms with van der Waals surface area (Å²) >= 11 is 6.47. The van der Waals surface area contributed by atoms with Crippen LogP contribution in [0.5, 0.6) is 5.75 Å². The molecule has 1 aliphatic carbocycles. The Bertz CT molecular complexity index is 1490. The normalized spacial score (nSPS) is 18.1. The van der Waals surface area contributed by atoms with Crippen molar-refractivity contribution in [2.24, 2.45) is 0 Å². The third kappa shape index (κ3) is 7.52. The number of benzene rings is 2. The fraction of sp³-hybridized carbons (Fsp3) is 0.441. The van der Waals surface area contributed by atoms with E-state index in [0.29, 0.717) is 29.3 Å². The number of methoxy groups -OCH3 is 1. The third-order valence-corrected chi connectivity index (χ3v) is 9.27. The molecule has 9 nitrogen and oxygen atoms in total. The highest BCUT2D eigenvalue weighted by atomic mass is 35.5. The number of likely N-dealkylation sites (N-methyl/N-ethyl adjacent to an activating group) is 1. The van der Waals surface area contributed by atoms with E-state index in [4.69, 9.17) is 16.3 Å². The number of carbonyl (C=O) groups excluding carboxylic acids is 1. The zero-order valence-corrected chi connectivity index (χ0v) is 26.4. The summed E-state index contributed by atoms with van der Waals surface area (Å²) in [7, 11) is 3.89. The molecule has 44 heavy (non-hydrogen) atoms. The lowest BCUT2D eigenvalue weighted by Gasteiger charge is -2.42. The summed E-state index contributed by atoms with van der Waals surface area (Å²) in [6.07, 6.45) is 9.38. The van der Waals surface area contributed by atoms with Crippen LogP contribution in [0.25, 0.3) is 0 Å². The number of carbonyl (C=O) groups is 1. The van der Waals surface area contributed by atoms with Crippen LogP contribution in [-0.2, 0) is 11.2 Å². The number of allylic oxidation sites excluding steroid dienone is 2. The summed E-state index contributed by atoms with van der Waals surface area (Å²) in [5.74, 6) is 1.74. The molecule has 0 bridgehead atoms. The van der Waals surface area contributed by atoms with Gasteiger partial charge in [-0.05, 0) is 75.1 Å². The lowest BCUT2D eigenvalue weighted by atomic mass is 9.91. The Morgan fingerprint density at radius 2 is 1.84 bits per heavy atom. The molecule has 0 radical (unpaired) electrons. The molecular formula is C34H42ClN7O2. The minimum atomic E-state index is 0.138. The number of nitrogens with one attached hydrogen (secondary N) is 2. The largest absolute Gasteiger partial charge is 0.494 e. The molecule has 2 saturated heterocycles. The zero-order valence-electron chi connectivity index (χ0n) is 25.7. The molecular weight excluding hydrogens is 574 g/mol. The molecule has 0 spiro atoms. The number of ether oxygens (including phenoxy) is 1. The maximum Gasteiger partial charge on any atom is 0.229 e. The molecule has 10 heteroatoms. The fourth-order valence-corrected chi connectivity index (χ4v) is 6.33. The van der Waals surface area contributed by atoms with Crippen molar-refractivity contribution in [3.05, 3.63) is 70.9 Å². The lowest BCUT2D eigenvalue weighted by Crippen LogP contribution is -2.52. The van der Waals surface area contributed by atoms with E-state index in [9.17, 15) is 4.79 Å². The molecule has 3 fully saturated rings. The number of rotatable bonds is 10. The Balaban J connectivity index is 1.09. The van der Waals surface area contributed by atoms with Gasteiger partial charge >= 0.3 is 0 Å². The maximum atomic E-state index is 12.4. The highest BCUT2D eigenvalue weighted by molar-refractivity contribution is 6.32. The van der Waals surface area contributed by atoms with Gasteiger partial charge in [-0.3, -0.25) is 9.69 Å². The molecule has 232 valence electrons. The van der Waals surface area contributed by atoms with Crippen LogP contribution in [0, 0.1) is 0 Å². The highest BCUT2D eigenvalue weighted by Crippen LogP contribution is 2.34. The van der Waals surface area contributed by atoms with Crippen LogP contribution >= 0.6 is 11.6 Å². The van der Waals surface area contributed by atoms with E-state index in [-0.39, 0.29) is 5.78 Å². The smallest absolute Gasteiger partial charge is 0.229 e. The van der Waals surface area contributed by atoms with E-state index in [1.165, 1.54) is 37.9 Å². The van der Waals surface area contributed by atoms with Crippen LogP contribution in [-0.4, -0.2) is 85.0 Å².